The molecule has 1 aliphatic carbocycles. The molecule has 0 bridgehead atoms. The number of benzene rings is 1. The largest absolute Gasteiger partial charge is 0.495 e. The van der Waals surface area contributed by atoms with Gasteiger partial charge in [-0.05, 0) is 69.8 Å². The first-order chi connectivity index (χ1) is 16.9. The van der Waals surface area contributed by atoms with Gasteiger partial charge in [-0.25, -0.2) is 4.98 Å². The van der Waals surface area contributed by atoms with Crippen LogP contribution in [0.3, 0.4) is 0 Å². The monoisotopic (exact) mass is 520 g/mol. The van der Waals surface area contributed by atoms with E-state index in [4.69, 9.17) is 33.0 Å². The number of halogens is 2. The molecule has 1 aromatic heterocycles. The Kier molecular flexibility index (Phi) is 12.3. The summed E-state index contributed by atoms with van der Waals surface area (Å²) in [5.74, 6) is 2.57. The summed E-state index contributed by atoms with van der Waals surface area (Å²) in [6.45, 7) is 3.41. The predicted octanol–water partition coefficient (Wildman–Crippen LogP) is 5.65. The number of nitrogens with zero attached hydrogens (tertiary/aromatic N) is 2. The molecule has 3 N–H and O–H groups in total. The number of ether oxygens (including phenoxy) is 1. The Balaban J connectivity index is 0.000000303. The smallest absolute Gasteiger partial charge is 0.151 e. The number of aliphatic hydroxyl groups excluding tert-OH is 1. The van der Waals surface area contributed by atoms with E-state index in [0.29, 0.717) is 51.2 Å². The molecule has 1 fully saturated rings. The van der Waals surface area contributed by atoms with Crippen molar-refractivity contribution < 1.29 is 14.6 Å². The first-order valence-electron chi connectivity index (χ1n) is 11.8. The molecule has 0 spiro atoms. The molecular weight excluding hydrogens is 487 g/mol. The van der Waals surface area contributed by atoms with Gasteiger partial charge in [-0.2, -0.15) is 5.26 Å². The Labute approximate surface area is 217 Å². The minimum Gasteiger partial charge on any atom is -0.495 e. The van der Waals surface area contributed by atoms with Crippen LogP contribution in [0.4, 0.5) is 5.82 Å². The lowest BCUT2D eigenvalue weighted by Gasteiger charge is -2.27. The fourth-order valence-corrected chi connectivity index (χ4v) is 4.80. The van der Waals surface area contributed by atoms with Crippen LogP contribution >= 0.6 is 23.2 Å². The fraction of sp³-hybridized carbons (Fsp3) is 0.500. The Bertz CT molecular complexity index is 991. The lowest BCUT2D eigenvalue weighted by Crippen LogP contribution is -2.24. The second-order valence-electron chi connectivity index (χ2n) is 8.73. The van der Waals surface area contributed by atoms with Crippen LogP contribution in [-0.4, -0.2) is 43.7 Å². The van der Waals surface area contributed by atoms with Crippen LogP contribution in [0.15, 0.2) is 24.4 Å². The van der Waals surface area contributed by atoms with Gasteiger partial charge in [0.15, 0.2) is 6.29 Å². The second-order valence-corrected chi connectivity index (χ2v) is 9.57. The van der Waals surface area contributed by atoms with Crippen LogP contribution in [0.25, 0.3) is 0 Å². The van der Waals surface area contributed by atoms with E-state index in [1.54, 1.807) is 12.1 Å². The van der Waals surface area contributed by atoms with E-state index in [2.05, 4.69) is 21.7 Å². The van der Waals surface area contributed by atoms with Crippen LogP contribution in [0.2, 0.25) is 10.0 Å². The molecule has 0 unspecified atom stereocenters. The maximum absolute atomic E-state index is 10.7. The molecule has 9 heteroatoms. The fourth-order valence-electron chi connectivity index (χ4n) is 4.35. The third kappa shape index (κ3) is 8.66. The average molecular weight is 521 g/mol. The van der Waals surface area contributed by atoms with Crippen molar-refractivity contribution >= 4 is 35.3 Å². The summed E-state index contributed by atoms with van der Waals surface area (Å²) >= 11 is 12.2. The summed E-state index contributed by atoms with van der Waals surface area (Å²) in [5, 5.41) is 25.1. The van der Waals surface area contributed by atoms with E-state index in [-0.39, 0.29) is 6.04 Å². The molecule has 0 amide bonds. The Morgan fingerprint density at radius 3 is 2.49 bits per heavy atom. The van der Waals surface area contributed by atoms with Crippen molar-refractivity contribution in [3.63, 3.8) is 0 Å². The van der Waals surface area contributed by atoms with E-state index >= 15 is 0 Å². The van der Waals surface area contributed by atoms with Gasteiger partial charge in [0.2, 0.25) is 0 Å². The molecule has 1 aliphatic rings. The van der Waals surface area contributed by atoms with Crippen LogP contribution in [0, 0.1) is 23.2 Å². The van der Waals surface area contributed by atoms with Gasteiger partial charge in [0.05, 0.1) is 23.7 Å². The van der Waals surface area contributed by atoms with Crippen molar-refractivity contribution in [1.29, 1.82) is 5.26 Å². The van der Waals surface area contributed by atoms with Gasteiger partial charge < -0.3 is 20.5 Å². The van der Waals surface area contributed by atoms with Crippen molar-refractivity contribution in [3.05, 3.63) is 51.1 Å². The second kappa shape index (κ2) is 14.9. The average Bonchev–Trinajstić information content (AvgIpc) is 2.86. The van der Waals surface area contributed by atoms with Crippen molar-refractivity contribution in [2.75, 3.05) is 32.6 Å². The van der Waals surface area contributed by atoms with E-state index in [1.807, 2.05) is 14.0 Å². The van der Waals surface area contributed by atoms with Crippen molar-refractivity contribution in [2.24, 2.45) is 11.8 Å². The molecule has 35 heavy (non-hydrogen) atoms. The van der Waals surface area contributed by atoms with Crippen molar-refractivity contribution in [2.45, 2.75) is 45.1 Å². The van der Waals surface area contributed by atoms with E-state index in [9.17, 15) is 10.1 Å². The Morgan fingerprint density at radius 2 is 1.94 bits per heavy atom. The number of nitriles is 1. The minimum absolute atomic E-state index is 0.275. The minimum atomic E-state index is -0.275. The number of carbonyl (C=O) groups is 1. The maximum atomic E-state index is 10.7. The maximum Gasteiger partial charge on any atom is 0.151 e. The lowest BCUT2D eigenvalue weighted by atomic mass is 9.81. The van der Waals surface area contributed by atoms with Crippen LogP contribution in [0.1, 0.15) is 66.6 Å². The summed E-state index contributed by atoms with van der Waals surface area (Å²) in [7, 11) is 3.52. The number of methoxy groups -OCH3 is 1. The molecule has 1 heterocycles. The number of aldehydes is 1. The van der Waals surface area contributed by atoms with Crippen LogP contribution in [-0.2, 0) is 0 Å². The number of pyridine rings is 1. The topological polar surface area (TPSA) is 107 Å². The molecule has 1 atom stereocenters. The zero-order chi connectivity index (χ0) is 25.8. The summed E-state index contributed by atoms with van der Waals surface area (Å²) in [5.41, 5.74) is 1.44. The summed E-state index contributed by atoms with van der Waals surface area (Å²) in [4.78, 5) is 14.8. The van der Waals surface area contributed by atoms with E-state index < -0.39 is 0 Å². The number of hydrogen-bond acceptors (Lipinski definition) is 7. The number of carbonyl (C=O) groups excluding carboxylic acids is 1. The van der Waals surface area contributed by atoms with Gasteiger partial charge in [0, 0.05) is 29.0 Å². The van der Waals surface area contributed by atoms with Gasteiger partial charge in [-0.15, -0.1) is 0 Å². The van der Waals surface area contributed by atoms with Crippen molar-refractivity contribution in [3.8, 4) is 11.8 Å². The Morgan fingerprint density at radius 1 is 1.26 bits per heavy atom. The zero-order valence-electron chi connectivity index (χ0n) is 20.5. The summed E-state index contributed by atoms with van der Waals surface area (Å²) < 4.78 is 5.33. The zero-order valence-corrected chi connectivity index (χ0v) is 22.0. The molecule has 3 rings (SSSR count). The van der Waals surface area contributed by atoms with E-state index in [1.165, 1.54) is 51.6 Å². The number of anilines is 1. The predicted molar refractivity (Wildman–Crippen MR) is 140 cm³/mol. The van der Waals surface area contributed by atoms with Gasteiger partial charge in [-0.1, -0.05) is 36.0 Å². The van der Waals surface area contributed by atoms with Gasteiger partial charge in [0.1, 0.15) is 17.6 Å². The number of rotatable bonds is 9. The summed E-state index contributed by atoms with van der Waals surface area (Å²) in [6.07, 6.45) is 8.47. The molecule has 1 saturated carbocycles. The van der Waals surface area contributed by atoms with Gasteiger partial charge >= 0.3 is 0 Å². The number of aliphatic hydroxyl groups is 1. The molecule has 7 nitrogen and oxygen atoms in total. The first-order valence-corrected chi connectivity index (χ1v) is 12.5. The third-order valence-corrected chi connectivity index (χ3v) is 6.73. The molecule has 0 aliphatic heterocycles. The molecule has 1 aromatic carbocycles. The highest BCUT2D eigenvalue weighted by Crippen LogP contribution is 2.34. The molecule has 0 saturated heterocycles. The molecular formula is C26H34Cl2N4O3. The number of hydrogen-bond donors (Lipinski definition) is 3. The van der Waals surface area contributed by atoms with E-state index in [0.717, 1.165) is 18.3 Å². The normalized spacial score (nSPS) is 18.0. The highest BCUT2D eigenvalue weighted by atomic mass is 35.5. The van der Waals surface area contributed by atoms with Crippen LogP contribution < -0.4 is 15.4 Å². The van der Waals surface area contributed by atoms with Gasteiger partial charge in [0.25, 0.3) is 0 Å². The number of aromatic nitrogens is 1. The number of nitrogens with one attached hydrogen (secondary N) is 2. The quantitative estimate of drug-likeness (QED) is 0.366. The van der Waals surface area contributed by atoms with Crippen LogP contribution in [0.5, 0.6) is 5.75 Å². The Hall–Kier alpha value is -2.37. The molecule has 0 radical (unpaired) electrons. The SMILES string of the molecule is CNCC1CCC(CCO)CC1.COc1c(C#N)cc(Cl)cc1[C@H](C)Nc1ncc(C=O)cc1Cl. The van der Waals surface area contributed by atoms with Crippen molar-refractivity contribution in [1.82, 2.24) is 10.3 Å². The summed E-state index contributed by atoms with van der Waals surface area (Å²) in [6, 6.07) is 6.56. The lowest BCUT2D eigenvalue weighted by molar-refractivity contribution is 0.112. The standard InChI is InChI=1S/C16H13Cl2N3O2.C10H21NO/c1-9(21-16-14(18)3-10(8-22)7-20-16)13-5-12(17)4-11(6-19)15(13)23-2;1-11-8-10-4-2-9(3-5-10)6-7-12/h3-5,7-9H,1-2H3,(H,20,21);9-12H,2-8H2,1H3/t9-;/m0./s1. The molecule has 2 aromatic rings. The van der Waals surface area contributed by atoms with Gasteiger partial charge in [-0.3, -0.25) is 4.79 Å². The molecule has 190 valence electrons. The highest BCUT2D eigenvalue weighted by Gasteiger charge is 2.20. The highest BCUT2D eigenvalue weighted by molar-refractivity contribution is 6.33. The third-order valence-electron chi connectivity index (χ3n) is 6.22. The first kappa shape index (κ1) is 28.9.